The molecule has 1 fully saturated rings. The quantitative estimate of drug-likeness (QED) is 0.589. The van der Waals surface area contributed by atoms with E-state index < -0.39 is 0 Å². The first kappa shape index (κ1) is 19.2. The van der Waals surface area contributed by atoms with Crippen molar-refractivity contribution in [2.45, 2.75) is 46.0 Å². The molecule has 0 saturated heterocycles. The molecule has 2 aromatic carbocycles. The number of anilines is 2. The number of hydrogen-bond acceptors (Lipinski definition) is 3. The fourth-order valence-corrected chi connectivity index (χ4v) is 3.93. The van der Waals surface area contributed by atoms with E-state index in [0.29, 0.717) is 17.0 Å². The van der Waals surface area contributed by atoms with Crippen molar-refractivity contribution in [1.29, 1.82) is 0 Å². The van der Waals surface area contributed by atoms with E-state index in [2.05, 4.69) is 10.6 Å². The molecule has 1 saturated carbocycles. The predicted molar refractivity (Wildman–Crippen MR) is 115 cm³/mol. The summed E-state index contributed by atoms with van der Waals surface area (Å²) in [6.07, 6.45) is 5.12. The van der Waals surface area contributed by atoms with E-state index in [-0.39, 0.29) is 23.5 Å². The van der Waals surface area contributed by atoms with Crippen LogP contribution in [0.4, 0.5) is 11.4 Å². The van der Waals surface area contributed by atoms with E-state index in [1.807, 2.05) is 50.2 Å². The molecular formula is C24H26N2O3. The topological polar surface area (TPSA) is 71.3 Å². The largest absolute Gasteiger partial charge is 0.449 e. The maximum Gasteiger partial charge on any atom is 0.293 e. The molecule has 0 atom stereocenters. The summed E-state index contributed by atoms with van der Waals surface area (Å²) in [5.41, 5.74) is 3.99. The van der Waals surface area contributed by atoms with Gasteiger partial charge in [-0.3, -0.25) is 9.59 Å². The molecular weight excluding hydrogens is 364 g/mol. The zero-order valence-electron chi connectivity index (χ0n) is 16.9. The van der Waals surface area contributed by atoms with Crippen molar-refractivity contribution in [1.82, 2.24) is 0 Å². The van der Waals surface area contributed by atoms with Gasteiger partial charge in [-0.2, -0.15) is 0 Å². The van der Waals surface area contributed by atoms with Gasteiger partial charge in [0.05, 0.1) is 0 Å². The molecule has 2 amide bonds. The molecule has 150 valence electrons. The van der Waals surface area contributed by atoms with E-state index in [1.54, 1.807) is 6.07 Å². The Balaban J connectivity index is 1.64. The number of carbonyl (C=O) groups is 2. The van der Waals surface area contributed by atoms with Gasteiger partial charge in [0.2, 0.25) is 11.7 Å². The molecule has 1 aromatic heterocycles. The molecule has 1 heterocycles. The molecule has 1 aliphatic rings. The minimum atomic E-state index is -0.372. The number of rotatable bonds is 4. The Morgan fingerprint density at radius 1 is 0.931 bits per heavy atom. The molecule has 2 N–H and O–H groups in total. The van der Waals surface area contributed by atoms with Gasteiger partial charge >= 0.3 is 0 Å². The number of para-hydroxylation sites is 1. The Hall–Kier alpha value is -3.08. The van der Waals surface area contributed by atoms with Gasteiger partial charge in [-0.25, -0.2) is 0 Å². The first-order valence-electron chi connectivity index (χ1n) is 10.2. The minimum absolute atomic E-state index is 0.00642. The number of amides is 2. The first-order chi connectivity index (χ1) is 14.0. The summed E-state index contributed by atoms with van der Waals surface area (Å²) in [6.45, 7) is 4.03. The lowest BCUT2D eigenvalue weighted by molar-refractivity contribution is -0.120. The molecule has 5 heteroatoms. The Morgan fingerprint density at radius 2 is 1.69 bits per heavy atom. The van der Waals surface area contributed by atoms with Crippen molar-refractivity contribution < 1.29 is 14.0 Å². The highest BCUT2D eigenvalue weighted by Crippen LogP contribution is 2.33. The van der Waals surface area contributed by atoms with Crippen molar-refractivity contribution in [2.24, 2.45) is 5.92 Å². The second-order valence-electron chi connectivity index (χ2n) is 7.88. The summed E-state index contributed by atoms with van der Waals surface area (Å²) in [6, 6.07) is 13.2. The van der Waals surface area contributed by atoms with E-state index in [4.69, 9.17) is 4.42 Å². The molecule has 0 unspecified atom stereocenters. The molecule has 0 spiro atoms. The van der Waals surface area contributed by atoms with Crippen LogP contribution >= 0.6 is 0 Å². The van der Waals surface area contributed by atoms with Crippen molar-refractivity contribution in [3.8, 4) is 0 Å². The highest BCUT2D eigenvalue weighted by molar-refractivity contribution is 6.14. The van der Waals surface area contributed by atoms with Crippen molar-refractivity contribution in [3.05, 3.63) is 59.4 Å². The number of fused-ring (bicyclic) bond motifs is 1. The molecule has 0 radical (unpaired) electrons. The zero-order chi connectivity index (χ0) is 20.4. The molecule has 3 aromatic rings. The number of nitrogens with one attached hydrogen (secondary N) is 2. The summed E-state index contributed by atoms with van der Waals surface area (Å²) < 4.78 is 5.85. The lowest BCUT2D eigenvalue weighted by Gasteiger charge is -2.20. The van der Waals surface area contributed by atoms with Gasteiger partial charge in [0.15, 0.2) is 0 Å². The minimum Gasteiger partial charge on any atom is -0.449 e. The van der Waals surface area contributed by atoms with Crippen LogP contribution in [0, 0.1) is 19.8 Å². The highest BCUT2D eigenvalue weighted by Gasteiger charge is 2.26. The van der Waals surface area contributed by atoms with Crippen LogP contribution in [0.15, 0.2) is 46.9 Å². The first-order valence-corrected chi connectivity index (χ1v) is 10.2. The van der Waals surface area contributed by atoms with E-state index in [9.17, 15) is 9.59 Å². The van der Waals surface area contributed by atoms with Crippen LogP contribution in [0.25, 0.3) is 11.0 Å². The van der Waals surface area contributed by atoms with Gasteiger partial charge in [0.25, 0.3) is 5.91 Å². The van der Waals surface area contributed by atoms with Crippen LogP contribution < -0.4 is 10.6 Å². The van der Waals surface area contributed by atoms with E-state index >= 15 is 0 Å². The van der Waals surface area contributed by atoms with Crippen molar-refractivity contribution in [3.63, 3.8) is 0 Å². The van der Waals surface area contributed by atoms with Crippen molar-refractivity contribution in [2.75, 3.05) is 10.6 Å². The average molecular weight is 390 g/mol. The van der Waals surface area contributed by atoms with Gasteiger partial charge in [-0.05, 0) is 62.1 Å². The van der Waals surface area contributed by atoms with Crippen LogP contribution in [-0.4, -0.2) is 11.8 Å². The average Bonchev–Trinajstić information content (AvgIpc) is 3.10. The van der Waals surface area contributed by atoms with Crippen molar-refractivity contribution >= 4 is 34.2 Å². The predicted octanol–water partition coefficient (Wildman–Crippen LogP) is 5.82. The third kappa shape index (κ3) is 4.04. The van der Waals surface area contributed by atoms with Crippen LogP contribution in [0.5, 0.6) is 0 Å². The number of aryl methyl sites for hydroxylation is 2. The maximum atomic E-state index is 13.0. The van der Waals surface area contributed by atoms with Gasteiger partial charge in [-0.1, -0.05) is 37.5 Å². The normalized spacial score (nSPS) is 14.7. The van der Waals surface area contributed by atoms with Gasteiger partial charge in [0.1, 0.15) is 11.3 Å². The molecule has 4 rings (SSSR count). The monoisotopic (exact) mass is 390 g/mol. The third-order valence-corrected chi connectivity index (χ3v) is 5.79. The number of carbonyl (C=O) groups excluding carboxylic acids is 2. The number of hydrogen-bond donors (Lipinski definition) is 2. The van der Waals surface area contributed by atoms with Crippen LogP contribution in [0.3, 0.4) is 0 Å². The second kappa shape index (κ2) is 8.11. The van der Waals surface area contributed by atoms with E-state index in [0.717, 1.165) is 42.2 Å². The van der Waals surface area contributed by atoms with Gasteiger partial charge in [-0.15, -0.1) is 0 Å². The summed E-state index contributed by atoms with van der Waals surface area (Å²) in [5.74, 6) is -0.276. The Morgan fingerprint density at radius 3 is 2.45 bits per heavy atom. The molecule has 0 bridgehead atoms. The smallest absolute Gasteiger partial charge is 0.293 e. The molecule has 29 heavy (non-hydrogen) atoms. The molecule has 1 aliphatic carbocycles. The van der Waals surface area contributed by atoms with Crippen LogP contribution in [0.1, 0.15) is 53.8 Å². The van der Waals surface area contributed by atoms with Gasteiger partial charge < -0.3 is 15.1 Å². The Kier molecular flexibility index (Phi) is 5.38. The Bertz CT molecular complexity index is 1060. The Labute approximate surface area is 170 Å². The number of furan rings is 1. The summed E-state index contributed by atoms with van der Waals surface area (Å²) in [4.78, 5) is 25.8. The standard InChI is InChI=1S/C24H26N2O3/c1-15-12-13-18(14-16(15)2)25-24(28)22-21(19-10-6-7-11-20(19)29-22)26-23(27)17-8-4-3-5-9-17/h6-7,10-14,17H,3-5,8-9H2,1-2H3,(H,25,28)(H,26,27). The maximum absolute atomic E-state index is 13.0. The SMILES string of the molecule is Cc1ccc(NC(=O)c2oc3ccccc3c2NC(=O)C2CCCCC2)cc1C. The van der Waals surface area contributed by atoms with Gasteiger partial charge in [0, 0.05) is 17.0 Å². The summed E-state index contributed by atoms with van der Waals surface area (Å²) in [5, 5.41) is 6.63. The van der Waals surface area contributed by atoms with Crippen LogP contribution in [-0.2, 0) is 4.79 Å². The zero-order valence-corrected chi connectivity index (χ0v) is 16.9. The second-order valence-corrected chi connectivity index (χ2v) is 7.88. The van der Waals surface area contributed by atoms with Crippen LogP contribution in [0.2, 0.25) is 0 Å². The number of benzene rings is 2. The molecule has 0 aliphatic heterocycles. The third-order valence-electron chi connectivity index (χ3n) is 5.79. The lowest BCUT2D eigenvalue weighted by atomic mass is 9.88. The molecule has 5 nitrogen and oxygen atoms in total. The fourth-order valence-electron chi connectivity index (χ4n) is 3.93. The highest BCUT2D eigenvalue weighted by atomic mass is 16.3. The van der Waals surface area contributed by atoms with E-state index in [1.165, 1.54) is 6.42 Å². The lowest BCUT2D eigenvalue weighted by Crippen LogP contribution is -2.25. The summed E-state index contributed by atoms with van der Waals surface area (Å²) >= 11 is 0. The fraction of sp³-hybridized carbons (Fsp3) is 0.333. The summed E-state index contributed by atoms with van der Waals surface area (Å²) in [7, 11) is 0.